The van der Waals surface area contributed by atoms with Crippen molar-refractivity contribution in [3.05, 3.63) is 59.4 Å². The summed E-state index contributed by atoms with van der Waals surface area (Å²) >= 11 is 0. The van der Waals surface area contributed by atoms with Crippen LogP contribution in [0.5, 0.6) is 11.5 Å². The van der Waals surface area contributed by atoms with Gasteiger partial charge in [-0.2, -0.15) is 0 Å². The van der Waals surface area contributed by atoms with Gasteiger partial charge in [0.25, 0.3) is 0 Å². The lowest BCUT2D eigenvalue weighted by Crippen LogP contribution is -2.41. The molecule has 134 valence electrons. The lowest BCUT2D eigenvalue weighted by atomic mass is 10.2. The number of halogens is 1. The molecule has 25 heavy (non-hydrogen) atoms. The Morgan fingerprint density at radius 2 is 2.04 bits per heavy atom. The van der Waals surface area contributed by atoms with Gasteiger partial charge in [0, 0.05) is 13.6 Å². The number of hydrogen-bond donors (Lipinski definition) is 3. The zero-order chi connectivity index (χ0) is 18.2. The number of ether oxygens (including phenoxy) is 1. The molecule has 0 saturated heterocycles. The van der Waals surface area contributed by atoms with Crippen molar-refractivity contribution in [3.8, 4) is 11.5 Å². The van der Waals surface area contributed by atoms with Crippen LogP contribution in [-0.4, -0.2) is 30.8 Å². The third kappa shape index (κ3) is 5.99. The summed E-state index contributed by atoms with van der Waals surface area (Å²) in [7, 11) is 1.67. The summed E-state index contributed by atoms with van der Waals surface area (Å²) in [5.41, 5.74) is 1.86. The van der Waals surface area contributed by atoms with Crippen molar-refractivity contribution in [2.45, 2.75) is 26.5 Å². The number of phenolic OH excluding ortho intramolecular Hbond substituents is 1. The van der Waals surface area contributed by atoms with E-state index in [1.54, 1.807) is 13.1 Å². The van der Waals surface area contributed by atoms with E-state index in [-0.39, 0.29) is 11.9 Å². The summed E-state index contributed by atoms with van der Waals surface area (Å²) in [5.74, 6) is 0.431. The molecule has 0 aliphatic rings. The largest absolute Gasteiger partial charge is 0.505 e. The highest BCUT2D eigenvalue weighted by Gasteiger charge is 2.07. The number of guanidine groups is 1. The molecular weight excluding hydrogens is 321 g/mol. The third-order valence-corrected chi connectivity index (χ3v) is 3.58. The number of aryl methyl sites for hydroxylation is 1. The van der Waals surface area contributed by atoms with Gasteiger partial charge in [0.2, 0.25) is 0 Å². The monoisotopic (exact) mass is 345 g/mol. The van der Waals surface area contributed by atoms with Gasteiger partial charge < -0.3 is 20.5 Å². The molecule has 2 aromatic rings. The molecule has 0 aliphatic heterocycles. The van der Waals surface area contributed by atoms with Crippen LogP contribution in [0.1, 0.15) is 18.1 Å². The first kappa shape index (κ1) is 18.6. The number of nitrogens with one attached hydrogen (secondary N) is 2. The predicted molar refractivity (Wildman–Crippen MR) is 97.5 cm³/mol. The Morgan fingerprint density at radius 3 is 2.72 bits per heavy atom. The quantitative estimate of drug-likeness (QED) is 0.556. The van der Waals surface area contributed by atoms with E-state index in [2.05, 4.69) is 15.6 Å². The molecule has 1 atom stereocenters. The maximum atomic E-state index is 13.3. The van der Waals surface area contributed by atoms with Crippen LogP contribution in [0.4, 0.5) is 4.39 Å². The molecule has 0 radical (unpaired) electrons. The van der Waals surface area contributed by atoms with Gasteiger partial charge >= 0.3 is 0 Å². The molecule has 5 nitrogen and oxygen atoms in total. The van der Waals surface area contributed by atoms with E-state index in [1.807, 2.05) is 38.1 Å². The highest BCUT2D eigenvalue weighted by atomic mass is 19.1. The first-order valence-corrected chi connectivity index (χ1v) is 8.13. The summed E-state index contributed by atoms with van der Waals surface area (Å²) in [6.45, 7) is 4.95. The molecule has 0 fully saturated rings. The predicted octanol–water partition coefficient (Wildman–Crippen LogP) is 2.97. The molecule has 2 aromatic carbocycles. The first-order valence-electron chi connectivity index (χ1n) is 8.13. The lowest BCUT2D eigenvalue weighted by Gasteiger charge is -2.18. The summed E-state index contributed by atoms with van der Waals surface area (Å²) in [5, 5.41) is 15.5. The Morgan fingerprint density at radius 1 is 1.24 bits per heavy atom. The second kappa shape index (κ2) is 8.92. The zero-order valence-electron chi connectivity index (χ0n) is 14.7. The van der Waals surface area contributed by atoms with E-state index in [0.717, 1.165) is 11.3 Å². The lowest BCUT2D eigenvalue weighted by molar-refractivity contribution is 0.223. The van der Waals surface area contributed by atoms with Gasteiger partial charge in [0.05, 0.1) is 6.54 Å². The van der Waals surface area contributed by atoms with Crippen molar-refractivity contribution in [2.24, 2.45) is 4.99 Å². The summed E-state index contributed by atoms with van der Waals surface area (Å²) in [4.78, 5) is 4.13. The minimum absolute atomic E-state index is 0.0496. The summed E-state index contributed by atoms with van der Waals surface area (Å²) in [6, 6.07) is 12.2. The van der Waals surface area contributed by atoms with Crippen LogP contribution in [0.15, 0.2) is 47.5 Å². The van der Waals surface area contributed by atoms with Gasteiger partial charge in [0.15, 0.2) is 17.5 Å². The van der Waals surface area contributed by atoms with E-state index < -0.39 is 5.82 Å². The molecular formula is C19H24FN3O2. The summed E-state index contributed by atoms with van der Waals surface area (Å²) < 4.78 is 19.2. The van der Waals surface area contributed by atoms with Gasteiger partial charge in [-0.15, -0.1) is 0 Å². The van der Waals surface area contributed by atoms with Gasteiger partial charge in [-0.05, 0) is 49.2 Å². The van der Waals surface area contributed by atoms with Crippen molar-refractivity contribution < 1.29 is 14.2 Å². The van der Waals surface area contributed by atoms with E-state index in [9.17, 15) is 9.50 Å². The van der Waals surface area contributed by atoms with Gasteiger partial charge in [-0.3, -0.25) is 4.99 Å². The minimum atomic E-state index is -0.637. The SMILES string of the molecule is CN=C(NCc1ccc(O)c(F)c1)NCC(C)Oc1cccc(C)c1. The standard InChI is InChI=1S/C19H24FN3O2/c1-13-5-4-6-16(9-13)25-14(2)11-22-19(21-3)23-12-15-7-8-18(24)17(20)10-15/h4-10,14,24H,11-12H2,1-3H3,(H2,21,22,23). The molecule has 2 rings (SSSR count). The van der Waals surface area contributed by atoms with Gasteiger partial charge in [-0.25, -0.2) is 4.39 Å². The van der Waals surface area contributed by atoms with Crippen LogP contribution in [0.3, 0.4) is 0 Å². The smallest absolute Gasteiger partial charge is 0.191 e. The number of hydrogen-bond acceptors (Lipinski definition) is 3. The van der Waals surface area contributed by atoms with Crippen molar-refractivity contribution in [1.82, 2.24) is 10.6 Å². The van der Waals surface area contributed by atoms with Crippen molar-refractivity contribution in [2.75, 3.05) is 13.6 Å². The number of benzene rings is 2. The Bertz CT molecular complexity index is 734. The molecule has 0 amide bonds. The molecule has 0 spiro atoms. The third-order valence-electron chi connectivity index (χ3n) is 3.58. The molecule has 0 aliphatic carbocycles. The molecule has 0 bridgehead atoms. The molecule has 6 heteroatoms. The van der Waals surface area contributed by atoms with Gasteiger partial charge in [0.1, 0.15) is 11.9 Å². The Kier molecular flexibility index (Phi) is 6.62. The van der Waals surface area contributed by atoms with Crippen LogP contribution < -0.4 is 15.4 Å². The van der Waals surface area contributed by atoms with Crippen molar-refractivity contribution >= 4 is 5.96 Å². The topological polar surface area (TPSA) is 65.9 Å². The van der Waals surface area contributed by atoms with E-state index in [4.69, 9.17) is 4.74 Å². The fourth-order valence-corrected chi connectivity index (χ4v) is 2.27. The number of rotatable bonds is 6. The Labute approximate surface area is 147 Å². The van der Waals surface area contributed by atoms with E-state index in [1.165, 1.54) is 12.1 Å². The number of aromatic hydroxyl groups is 1. The van der Waals surface area contributed by atoms with Crippen LogP contribution >= 0.6 is 0 Å². The second-order valence-electron chi connectivity index (χ2n) is 5.84. The average molecular weight is 345 g/mol. The molecule has 0 heterocycles. The van der Waals surface area contributed by atoms with Crippen LogP contribution in [0.25, 0.3) is 0 Å². The zero-order valence-corrected chi connectivity index (χ0v) is 14.7. The fraction of sp³-hybridized carbons (Fsp3) is 0.316. The van der Waals surface area contributed by atoms with E-state index >= 15 is 0 Å². The van der Waals surface area contributed by atoms with Gasteiger partial charge in [-0.1, -0.05) is 18.2 Å². The molecule has 1 unspecified atom stereocenters. The first-order chi connectivity index (χ1) is 12.0. The number of aliphatic imine (C=N–C) groups is 1. The van der Waals surface area contributed by atoms with Crippen molar-refractivity contribution in [1.29, 1.82) is 0 Å². The highest BCUT2D eigenvalue weighted by Crippen LogP contribution is 2.16. The van der Waals surface area contributed by atoms with Crippen LogP contribution in [0, 0.1) is 12.7 Å². The highest BCUT2D eigenvalue weighted by molar-refractivity contribution is 5.79. The maximum Gasteiger partial charge on any atom is 0.191 e. The van der Waals surface area contributed by atoms with Crippen molar-refractivity contribution in [3.63, 3.8) is 0 Å². The molecule has 0 saturated carbocycles. The fourth-order valence-electron chi connectivity index (χ4n) is 2.27. The number of phenols is 1. The summed E-state index contributed by atoms with van der Waals surface area (Å²) in [6.07, 6.45) is -0.0496. The minimum Gasteiger partial charge on any atom is -0.505 e. The van der Waals surface area contributed by atoms with E-state index in [0.29, 0.717) is 24.6 Å². The van der Waals surface area contributed by atoms with Crippen LogP contribution in [0.2, 0.25) is 0 Å². The van der Waals surface area contributed by atoms with Crippen LogP contribution in [-0.2, 0) is 6.54 Å². The number of nitrogens with zero attached hydrogens (tertiary/aromatic N) is 1. The average Bonchev–Trinajstić information content (AvgIpc) is 2.58. The second-order valence-corrected chi connectivity index (χ2v) is 5.84. The normalized spacial score (nSPS) is 12.6. The molecule has 3 N–H and O–H groups in total. The Hall–Kier alpha value is -2.76. The molecule has 0 aromatic heterocycles. The maximum absolute atomic E-state index is 13.3. The Balaban J connectivity index is 1.80.